The number of carbonyl (C=O) groups excluding carboxylic acids is 1. The summed E-state index contributed by atoms with van der Waals surface area (Å²) in [4.78, 5) is 28.5. The molecular formula is C14H13ClN2O3S. The number of carbonyl (C=O) groups is 2. The number of hydrogen-bond acceptors (Lipinski definition) is 4. The van der Waals surface area contributed by atoms with Crippen LogP contribution >= 0.6 is 22.9 Å². The zero-order valence-electron chi connectivity index (χ0n) is 11.4. The average molecular weight is 325 g/mol. The second-order valence-electron chi connectivity index (χ2n) is 4.48. The van der Waals surface area contributed by atoms with Crippen molar-refractivity contribution in [1.29, 1.82) is 0 Å². The summed E-state index contributed by atoms with van der Waals surface area (Å²) in [6.45, 7) is 1.45. The highest BCUT2D eigenvalue weighted by Crippen LogP contribution is 2.26. The molecule has 0 aliphatic heterocycles. The highest BCUT2D eigenvalue weighted by Gasteiger charge is 2.24. The molecule has 0 spiro atoms. The van der Waals surface area contributed by atoms with Crippen molar-refractivity contribution in [2.24, 2.45) is 0 Å². The van der Waals surface area contributed by atoms with Crippen LogP contribution in [0.4, 0.5) is 0 Å². The maximum atomic E-state index is 12.2. The minimum Gasteiger partial charge on any atom is -0.480 e. The predicted octanol–water partition coefficient (Wildman–Crippen LogP) is 3.01. The Balaban J connectivity index is 2.24. The fourth-order valence-corrected chi connectivity index (χ4v) is 2.63. The summed E-state index contributed by atoms with van der Waals surface area (Å²) in [5, 5.41) is 11.8. The molecule has 0 radical (unpaired) electrons. The molecule has 21 heavy (non-hydrogen) atoms. The Kier molecular flexibility index (Phi) is 4.59. The Bertz CT molecular complexity index is 686. The van der Waals surface area contributed by atoms with Crippen molar-refractivity contribution in [1.82, 2.24) is 9.88 Å². The van der Waals surface area contributed by atoms with Gasteiger partial charge in [-0.1, -0.05) is 23.7 Å². The van der Waals surface area contributed by atoms with Gasteiger partial charge < -0.3 is 10.0 Å². The van der Waals surface area contributed by atoms with Crippen molar-refractivity contribution in [3.05, 3.63) is 40.4 Å². The van der Waals surface area contributed by atoms with Gasteiger partial charge in [0.1, 0.15) is 16.7 Å². The molecule has 110 valence electrons. The van der Waals surface area contributed by atoms with Gasteiger partial charge in [0.15, 0.2) is 0 Å². The molecule has 0 saturated heterocycles. The van der Waals surface area contributed by atoms with E-state index in [-0.39, 0.29) is 5.69 Å². The van der Waals surface area contributed by atoms with Gasteiger partial charge in [0.05, 0.1) is 0 Å². The second kappa shape index (κ2) is 6.24. The standard InChI is InChI=1S/C14H13ClN2O3S/c1-8(14(19)20)17(2)13(18)11-7-21-12(16-11)9-4-3-5-10(15)6-9/h3-8H,1-2H3,(H,19,20)/t8-/m0/s1. The number of amides is 1. The summed E-state index contributed by atoms with van der Waals surface area (Å²) >= 11 is 7.24. The first-order valence-corrected chi connectivity index (χ1v) is 7.37. The number of halogens is 1. The predicted molar refractivity (Wildman–Crippen MR) is 81.8 cm³/mol. The summed E-state index contributed by atoms with van der Waals surface area (Å²) in [5.74, 6) is -1.48. The van der Waals surface area contributed by atoms with Gasteiger partial charge in [-0.3, -0.25) is 4.79 Å². The van der Waals surface area contributed by atoms with Crippen LogP contribution < -0.4 is 0 Å². The maximum Gasteiger partial charge on any atom is 0.326 e. The number of carboxylic acids is 1. The van der Waals surface area contributed by atoms with Crippen LogP contribution in [-0.2, 0) is 4.79 Å². The number of thiazole rings is 1. The molecule has 7 heteroatoms. The van der Waals surface area contributed by atoms with E-state index in [1.54, 1.807) is 23.6 Å². The molecule has 1 atom stereocenters. The monoisotopic (exact) mass is 324 g/mol. The lowest BCUT2D eigenvalue weighted by Gasteiger charge is -2.20. The van der Waals surface area contributed by atoms with Gasteiger partial charge in [-0.15, -0.1) is 11.3 Å². The Morgan fingerprint density at radius 2 is 2.14 bits per heavy atom. The quantitative estimate of drug-likeness (QED) is 0.938. The molecule has 2 rings (SSSR count). The molecule has 0 saturated carbocycles. The van der Waals surface area contributed by atoms with Crippen LogP contribution in [0, 0.1) is 0 Å². The summed E-state index contributed by atoms with van der Waals surface area (Å²) in [7, 11) is 1.44. The van der Waals surface area contributed by atoms with Gasteiger partial charge in [-0.2, -0.15) is 0 Å². The molecule has 5 nitrogen and oxygen atoms in total. The van der Waals surface area contributed by atoms with E-state index in [4.69, 9.17) is 16.7 Å². The first-order valence-electron chi connectivity index (χ1n) is 6.11. The normalized spacial score (nSPS) is 12.0. The Morgan fingerprint density at radius 1 is 1.43 bits per heavy atom. The third kappa shape index (κ3) is 3.40. The summed E-state index contributed by atoms with van der Waals surface area (Å²) in [5.41, 5.74) is 1.05. The van der Waals surface area contributed by atoms with Crippen molar-refractivity contribution < 1.29 is 14.7 Å². The van der Waals surface area contributed by atoms with Crippen molar-refractivity contribution >= 4 is 34.8 Å². The Labute approximate surface area is 130 Å². The van der Waals surface area contributed by atoms with E-state index in [1.165, 1.54) is 25.3 Å². The van der Waals surface area contributed by atoms with E-state index >= 15 is 0 Å². The molecule has 1 amide bonds. The van der Waals surface area contributed by atoms with E-state index in [2.05, 4.69) is 4.98 Å². The lowest BCUT2D eigenvalue weighted by atomic mass is 10.2. The minimum atomic E-state index is -1.06. The average Bonchev–Trinajstić information content (AvgIpc) is 2.94. The van der Waals surface area contributed by atoms with E-state index in [0.717, 1.165) is 10.5 Å². The summed E-state index contributed by atoms with van der Waals surface area (Å²) in [6.07, 6.45) is 0. The SMILES string of the molecule is C[C@@H](C(=O)O)N(C)C(=O)c1csc(-c2cccc(Cl)c2)n1. The summed E-state index contributed by atoms with van der Waals surface area (Å²) < 4.78 is 0. The zero-order chi connectivity index (χ0) is 15.6. The van der Waals surface area contributed by atoms with Crippen LogP contribution in [0.2, 0.25) is 5.02 Å². The zero-order valence-corrected chi connectivity index (χ0v) is 13.0. The molecule has 0 bridgehead atoms. The molecule has 0 aliphatic carbocycles. The first kappa shape index (κ1) is 15.5. The number of carboxylic acid groups (broad SMARTS) is 1. The highest BCUT2D eigenvalue weighted by atomic mass is 35.5. The van der Waals surface area contributed by atoms with Crippen LogP contribution in [0.5, 0.6) is 0 Å². The van der Waals surface area contributed by atoms with Crippen molar-refractivity contribution in [2.75, 3.05) is 7.05 Å². The Morgan fingerprint density at radius 3 is 2.76 bits per heavy atom. The largest absolute Gasteiger partial charge is 0.480 e. The fourth-order valence-electron chi connectivity index (χ4n) is 1.65. The number of rotatable bonds is 4. The van der Waals surface area contributed by atoms with Gasteiger partial charge in [0.25, 0.3) is 5.91 Å². The van der Waals surface area contributed by atoms with E-state index < -0.39 is 17.9 Å². The Hall–Kier alpha value is -1.92. The van der Waals surface area contributed by atoms with Crippen molar-refractivity contribution in [2.45, 2.75) is 13.0 Å². The van der Waals surface area contributed by atoms with Gasteiger partial charge in [-0.05, 0) is 19.1 Å². The fraction of sp³-hybridized carbons (Fsp3) is 0.214. The lowest BCUT2D eigenvalue weighted by Crippen LogP contribution is -2.40. The number of aliphatic carboxylic acids is 1. The molecule has 1 aromatic heterocycles. The number of aromatic nitrogens is 1. The van der Waals surface area contributed by atoms with Gasteiger partial charge in [0.2, 0.25) is 0 Å². The molecular weight excluding hydrogens is 312 g/mol. The second-order valence-corrected chi connectivity index (χ2v) is 5.77. The number of nitrogens with zero attached hydrogens (tertiary/aromatic N) is 2. The third-order valence-corrected chi connectivity index (χ3v) is 4.18. The first-order chi connectivity index (χ1) is 9.90. The topological polar surface area (TPSA) is 70.5 Å². The van der Waals surface area contributed by atoms with Crippen LogP contribution in [0.25, 0.3) is 10.6 Å². The van der Waals surface area contributed by atoms with Gasteiger partial charge in [-0.25, -0.2) is 9.78 Å². The highest BCUT2D eigenvalue weighted by molar-refractivity contribution is 7.13. The van der Waals surface area contributed by atoms with Gasteiger partial charge in [0, 0.05) is 23.0 Å². The van der Waals surface area contributed by atoms with Crippen molar-refractivity contribution in [3.63, 3.8) is 0 Å². The molecule has 1 N–H and O–H groups in total. The lowest BCUT2D eigenvalue weighted by molar-refractivity contribution is -0.141. The molecule has 0 aliphatic rings. The van der Waals surface area contributed by atoms with E-state index in [1.807, 2.05) is 6.07 Å². The smallest absolute Gasteiger partial charge is 0.326 e. The van der Waals surface area contributed by atoms with Gasteiger partial charge >= 0.3 is 5.97 Å². The number of hydrogen-bond donors (Lipinski definition) is 1. The third-order valence-electron chi connectivity index (χ3n) is 3.05. The number of benzene rings is 1. The van der Waals surface area contributed by atoms with Crippen molar-refractivity contribution in [3.8, 4) is 10.6 Å². The minimum absolute atomic E-state index is 0.227. The number of likely N-dealkylation sites (N-methyl/N-ethyl adjacent to an activating group) is 1. The molecule has 1 heterocycles. The van der Waals surface area contributed by atoms with Crippen LogP contribution in [0.1, 0.15) is 17.4 Å². The maximum absolute atomic E-state index is 12.2. The molecule has 0 unspecified atom stereocenters. The van der Waals surface area contributed by atoms with Crippen LogP contribution in [0.3, 0.4) is 0 Å². The van der Waals surface area contributed by atoms with Crippen LogP contribution in [-0.4, -0.2) is 40.0 Å². The van der Waals surface area contributed by atoms with E-state index in [9.17, 15) is 9.59 Å². The van der Waals surface area contributed by atoms with Crippen LogP contribution in [0.15, 0.2) is 29.6 Å². The molecule has 0 fully saturated rings. The summed E-state index contributed by atoms with van der Waals surface area (Å²) in [6, 6.07) is 6.27. The molecule has 1 aromatic carbocycles. The van der Waals surface area contributed by atoms with E-state index in [0.29, 0.717) is 10.0 Å². The molecule has 2 aromatic rings.